The Bertz CT molecular complexity index is 917. The number of nitrogens with one attached hydrogen (secondary N) is 1. The number of thiophene rings is 1. The minimum Gasteiger partial charge on any atom is -0.329 e. The molecule has 0 aliphatic heterocycles. The highest BCUT2D eigenvalue weighted by molar-refractivity contribution is 7.99. The van der Waals surface area contributed by atoms with Gasteiger partial charge in [0.1, 0.15) is 5.82 Å². The minimum atomic E-state index is -0.393. The van der Waals surface area contributed by atoms with Gasteiger partial charge in [-0.1, -0.05) is 6.92 Å². The van der Waals surface area contributed by atoms with E-state index in [4.69, 9.17) is 0 Å². The Balaban J connectivity index is 1.87. The summed E-state index contributed by atoms with van der Waals surface area (Å²) in [7, 11) is 1.89. The van der Waals surface area contributed by atoms with Crippen molar-refractivity contribution in [3.8, 4) is 0 Å². The van der Waals surface area contributed by atoms with Crippen LogP contribution in [0.4, 0.5) is 10.1 Å². The lowest BCUT2D eigenvalue weighted by Crippen LogP contribution is -2.11. The molecule has 1 amide bonds. The van der Waals surface area contributed by atoms with Crippen molar-refractivity contribution in [2.24, 2.45) is 7.05 Å². The molecule has 3 rings (SSSR count). The van der Waals surface area contributed by atoms with Gasteiger partial charge in [0.2, 0.25) is 0 Å². The molecule has 7 heteroatoms. The van der Waals surface area contributed by atoms with Crippen LogP contribution in [0.1, 0.15) is 27.0 Å². The van der Waals surface area contributed by atoms with Crippen LogP contribution in [-0.2, 0) is 13.5 Å². The zero-order valence-electron chi connectivity index (χ0n) is 14.2. The van der Waals surface area contributed by atoms with Crippen molar-refractivity contribution in [3.05, 3.63) is 57.8 Å². The van der Waals surface area contributed by atoms with Crippen LogP contribution in [0.3, 0.4) is 0 Å². The van der Waals surface area contributed by atoms with E-state index in [-0.39, 0.29) is 5.91 Å². The van der Waals surface area contributed by atoms with E-state index in [1.165, 1.54) is 40.1 Å². The molecule has 0 atom stereocenters. The number of aryl methyl sites for hydroxylation is 3. The molecule has 0 saturated heterocycles. The molecular weight excluding hydrogens is 357 g/mol. The average molecular weight is 375 g/mol. The number of imidazole rings is 1. The van der Waals surface area contributed by atoms with Gasteiger partial charge in [-0.2, -0.15) is 0 Å². The summed E-state index contributed by atoms with van der Waals surface area (Å²) in [5.41, 5.74) is 1.56. The summed E-state index contributed by atoms with van der Waals surface area (Å²) >= 11 is 2.86. The van der Waals surface area contributed by atoms with Crippen molar-refractivity contribution in [1.29, 1.82) is 0 Å². The topological polar surface area (TPSA) is 46.9 Å². The summed E-state index contributed by atoms with van der Waals surface area (Å²) in [6.45, 7) is 4.06. The van der Waals surface area contributed by atoms with Crippen LogP contribution < -0.4 is 5.32 Å². The van der Waals surface area contributed by atoms with E-state index >= 15 is 0 Å². The molecule has 0 saturated carbocycles. The number of hydrogen-bond acceptors (Lipinski definition) is 4. The molecule has 0 spiro atoms. The lowest BCUT2D eigenvalue weighted by Gasteiger charge is -2.10. The van der Waals surface area contributed by atoms with Crippen molar-refractivity contribution in [3.63, 3.8) is 0 Å². The SMILES string of the molecule is CCc1sc(C(=O)Nc2cc(F)ccc2Sc2nccn2C)cc1C. The summed E-state index contributed by atoms with van der Waals surface area (Å²) in [5.74, 6) is -0.615. The Morgan fingerprint density at radius 3 is 2.84 bits per heavy atom. The number of amides is 1. The van der Waals surface area contributed by atoms with Gasteiger partial charge in [0.15, 0.2) is 5.16 Å². The van der Waals surface area contributed by atoms with E-state index in [1.54, 1.807) is 12.3 Å². The molecule has 0 aliphatic carbocycles. The molecule has 4 nitrogen and oxygen atoms in total. The molecule has 1 aromatic carbocycles. The predicted molar refractivity (Wildman–Crippen MR) is 100 cm³/mol. The van der Waals surface area contributed by atoms with E-state index < -0.39 is 5.82 Å². The monoisotopic (exact) mass is 375 g/mol. The normalized spacial score (nSPS) is 10.9. The first kappa shape index (κ1) is 17.7. The van der Waals surface area contributed by atoms with E-state index in [1.807, 2.05) is 30.8 Å². The highest BCUT2D eigenvalue weighted by Crippen LogP contribution is 2.33. The number of carbonyl (C=O) groups is 1. The quantitative estimate of drug-likeness (QED) is 0.690. The van der Waals surface area contributed by atoms with Crippen LogP contribution >= 0.6 is 23.1 Å². The number of rotatable bonds is 5. The number of carbonyl (C=O) groups excluding carboxylic acids is 1. The van der Waals surface area contributed by atoms with Gasteiger partial charge in [-0.3, -0.25) is 4.79 Å². The lowest BCUT2D eigenvalue weighted by atomic mass is 10.2. The maximum Gasteiger partial charge on any atom is 0.265 e. The van der Waals surface area contributed by atoms with Gasteiger partial charge in [0.25, 0.3) is 5.91 Å². The lowest BCUT2D eigenvalue weighted by molar-refractivity contribution is 0.103. The average Bonchev–Trinajstić information content (AvgIpc) is 3.15. The molecule has 3 aromatic rings. The van der Waals surface area contributed by atoms with Crippen LogP contribution in [0.25, 0.3) is 0 Å². The van der Waals surface area contributed by atoms with Gasteiger partial charge < -0.3 is 9.88 Å². The van der Waals surface area contributed by atoms with E-state index in [2.05, 4.69) is 17.2 Å². The third kappa shape index (κ3) is 3.93. The highest BCUT2D eigenvalue weighted by Gasteiger charge is 2.15. The molecule has 0 unspecified atom stereocenters. The van der Waals surface area contributed by atoms with Crippen molar-refractivity contribution in [1.82, 2.24) is 9.55 Å². The molecule has 1 N–H and O–H groups in total. The first-order valence-electron chi connectivity index (χ1n) is 7.83. The van der Waals surface area contributed by atoms with Gasteiger partial charge in [0.05, 0.1) is 10.6 Å². The molecule has 2 heterocycles. The molecule has 0 bridgehead atoms. The van der Waals surface area contributed by atoms with Gasteiger partial charge in [0, 0.05) is 29.2 Å². The van der Waals surface area contributed by atoms with E-state index in [0.29, 0.717) is 10.6 Å². The largest absolute Gasteiger partial charge is 0.329 e. The number of nitrogens with zero attached hydrogens (tertiary/aromatic N) is 2. The van der Waals surface area contributed by atoms with Crippen molar-refractivity contribution >= 4 is 34.7 Å². The summed E-state index contributed by atoms with van der Waals surface area (Å²) in [5, 5.41) is 3.60. The van der Waals surface area contributed by atoms with Crippen LogP contribution in [0.15, 0.2) is 46.7 Å². The van der Waals surface area contributed by atoms with E-state index in [0.717, 1.165) is 22.0 Å². The Labute approximate surface area is 154 Å². The fraction of sp³-hybridized carbons (Fsp3) is 0.222. The first-order valence-corrected chi connectivity index (χ1v) is 9.46. The third-order valence-corrected chi connectivity index (χ3v) is 6.27. The Hall–Kier alpha value is -2.12. The molecule has 2 aromatic heterocycles. The molecule has 0 fully saturated rings. The minimum absolute atomic E-state index is 0.222. The van der Waals surface area contributed by atoms with Crippen molar-refractivity contribution in [2.75, 3.05) is 5.32 Å². The highest BCUT2D eigenvalue weighted by atomic mass is 32.2. The number of halogens is 1. The summed E-state index contributed by atoms with van der Waals surface area (Å²) in [4.78, 5) is 19.4. The fourth-order valence-electron chi connectivity index (χ4n) is 2.40. The van der Waals surface area contributed by atoms with Crippen LogP contribution in [-0.4, -0.2) is 15.5 Å². The van der Waals surface area contributed by atoms with Gasteiger partial charge in [-0.15, -0.1) is 11.3 Å². The molecule has 0 aliphatic rings. The second kappa shape index (κ2) is 7.41. The summed E-state index contributed by atoms with van der Waals surface area (Å²) in [6, 6.07) is 6.25. The second-order valence-electron chi connectivity index (χ2n) is 5.59. The van der Waals surface area contributed by atoms with Gasteiger partial charge in [-0.25, -0.2) is 9.37 Å². The standard InChI is InChI=1S/C18H18FN3OS2/c1-4-14-11(2)9-16(24-14)17(23)21-13-10-12(19)5-6-15(13)25-18-20-7-8-22(18)3/h5-10H,4H2,1-3H3,(H,21,23). The Morgan fingerprint density at radius 2 is 2.20 bits per heavy atom. The molecule has 130 valence electrons. The second-order valence-corrected chi connectivity index (χ2v) is 7.73. The Kier molecular flexibility index (Phi) is 5.24. The molecular formula is C18H18FN3OS2. The molecule has 0 radical (unpaired) electrons. The summed E-state index contributed by atoms with van der Waals surface area (Å²) < 4.78 is 15.6. The number of aromatic nitrogens is 2. The zero-order valence-corrected chi connectivity index (χ0v) is 15.8. The Morgan fingerprint density at radius 1 is 1.40 bits per heavy atom. The number of anilines is 1. The molecule has 25 heavy (non-hydrogen) atoms. The maximum atomic E-state index is 13.7. The summed E-state index contributed by atoms with van der Waals surface area (Å²) in [6.07, 6.45) is 4.43. The smallest absolute Gasteiger partial charge is 0.265 e. The fourth-order valence-corrected chi connectivity index (χ4v) is 4.28. The predicted octanol–water partition coefficient (Wildman–Crippen LogP) is 4.90. The van der Waals surface area contributed by atoms with Crippen molar-refractivity contribution < 1.29 is 9.18 Å². The maximum absolute atomic E-state index is 13.7. The number of hydrogen-bond donors (Lipinski definition) is 1. The van der Waals surface area contributed by atoms with Gasteiger partial charge >= 0.3 is 0 Å². The zero-order chi connectivity index (χ0) is 18.0. The van der Waals surface area contributed by atoms with Crippen LogP contribution in [0.5, 0.6) is 0 Å². The van der Waals surface area contributed by atoms with Gasteiger partial charge in [-0.05, 0) is 54.9 Å². The van der Waals surface area contributed by atoms with E-state index in [9.17, 15) is 9.18 Å². The van der Waals surface area contributed by atoms with Crippen LogP contribution in [0, 0.1) is 12.7 Å². The number of benzene rings is 1. The third-order valence-electron chi connectivity index (χ3n) is 3.73. The van der Waals surface area contributed by atoms with Crippen LogP contribution in [0.2, 0.25) is 0 Å². The first-order chi connectivity index (χ1) is 12.0. The van der Waals surface area contributed by atoms with Crippen molar-refractivity contribution in [2.45, 2.75) is 30.3 Å².